The number of hydrogen-bond donors (Lipinski definition) is 0. The zero-order valence-electron chi connectivity index (χ0n) is 6.48. The van der Waals surface area contributed by atoms with Gasteiger partial charge in [-0.2, -0.15) is 0 Å². The Labute approximate surface area is 71.3 Å². The highest BCUT2D eigenvalue weighted by atomic mass is 79.9. The minimum Gasteiger partial charge on any atom is -0.367 e. The molecule has 0 spiro atoms. The normalized spacial score (nSPS) is 34.2. The van der Waals surface area contributed by atoms with E-state index in [1.165, 1.54) is 25.7 Å². The number of ether oxygens (including phenoxy) is 1. The summed E-state index contributed by atoms with van der Waals surface area (Å²) in [7, 11) is 0. The molecule has 10 heavy (non-hydrogen) atoms. The summed E-state index contributed by atoms with van der Waals surface area (Å²) in [5.74, 6) is 0.926. The maximum Gasteiger partial charge on any atom is 0.102 e. The van der Waals surface area contributed by atoms with Gasteiger partial charge in [-0.05, 0) is 31.6 Å². The third-order valence-corrected chi connectivity index (χ3v) is 2.53. The molecule has 1 fully saturated rings. The van der Waals surface area contributed by atoms with E-state index < -0.39 is 0 Å². The van der Waals surface area contributed by atoms with Crippen molar-refractivity contribution in [3.05, 3.63) is 0 Å². The zero-order chi connectivity index (χ0) is 7.40. The summed E-state index contributed by atoms with van der Waals surface area (Å²) in [5, 5.41) is 0. The first-order valence-corrected chi connectivity index (χ1v) is 5.12. The molecule has 0 aromatic heterocycles. The monoisotopic (exact) mass is 206 g/mol. The van der Waals surface area contributed by atoms with Gasteiger partial charge < -0.3 is 4.74 Å². The van der Waals surface area contributed by atoms with Crippen LogP contribution in [0.4, 0.5) is 0 Å². The highest BCUT2D eigenvalue weighted by molar-refractivity contribution is 9.09. The van der Waals surface area contributed by atoms with E-state index in [0.29, 0.717) is 11.6 Å². The Morgan fingerprint density at radius 1 is 1.30 bits per heavy atom. The molecule has 1 rings (SSSR count). The summed E-state index contributed by atoms with van der Waals surface area (Å²) in [5.41, 5.74) is 0.700. The van der Waals surface area contributed by atoms with Gasteiger partial charge in [0.25, 0.3) is 0 Å². The molecule has 1 nitrogen and oxygen atoms in total. The smallest absolute Gasteiger partial charge is 0.102 e. The molecule has 0 aromatic carbocycles. The Hall–Kier alpha value is 0.440. The minimum absolute atomic E-state index is 0.538. The average Bonchev–Trinajstić information content (AvgIpc) is 1.95. The second kappa shape index (κ2) is 4.35. The van der Waals surface area contributed by atoms with Gasteiger partial charge in [0.05, 0.1) is 6.10 Å². The third-order valence-electron chi connectivity index (χ3n) is 2.26. The molecule has 1 aliphatic carbocycles. The van der Waals surface area contributed by atoms with Crippen LogP contribution in [-0.4, -0.2) is 11.6 Å². The van der Waals surface area contributed by atoms with Crippen LogP contribution in [0.2, 0.25) is 0 Å². The van der Waals surface area contributed by atoms with Crippen LogP contribution in [-0.2, 0) is 4.74 Å². The lowest BCUT2D eigenvalue weighted by atomic mass is 9.89. The van der Waals surface area contributed by atoms with Crippen LogP contribution in [0, 0.1) is 5.92 Å². The van der Waals surface area contributed by atoms with E-state index in [-0.39, 0.29) is 0 Å². The molecule has 0 bridgehead atoms. The molecule has 0 amide bonds. The second-order valence-electron chi connectivity index (χ2n) is 3.16. The number of rotatable bonds is 2. The molecule has 0 atom stereocenters. The molecule has 0 aliphatic heterocycles. The lowest BCUT2D eigenvalue weighted by Crippen LogP contribution is -2.19. The molecule has 2 heteroatoms. The molecule has 0 unspecified atom stereocenters. The first-order chi connectivity index (χ1) is 4.83. The van der Waals surface area contributed by atoms with E-state index in [1.54, 1.807) is 0 Å². The van der Waals surface area contributed by atoms with Crippen LogP contribution in [0.25, 0.3) is 0 Å². The minimum atomic E-state index is 0.538. The fourth-order valence-electron chi connectivity index (χ4n) is 1.49. The molecule has 1 saturated carbocycles. The molecule has 0 radical (unpaired) electrons. The van der Waals surface area contributed by atoms with Gasteiger partial charge >= 0.3 is 0 Å². The van der Waals surface area contributed by atoms with Crippen LogP contribution in [0.1, 0.15) is 32.6 Å². The molecular weight excluding hydrogens is 192 g/mol. The van der Waals surface area contributed by atoms with Crippen molar-refractivity contribution in [1.29, 1.82) is 0 Å². The van der Waals surface area contributed by atoms with Crippen LogP contribution in [0.3, 0.4) is 0 Å². The van der Waals surface area contributed by atoms with Crippen LogP contribution in [0.15, 0.2) is 0 Å². The van der Waals surface area contributed by atoms with E-state index in [9.17, 15) is 0 Å². The van der Waals surface area contributed by atoms with Crippen molar-refractivity contribution in [3.8, 4) is 0 Å². The largest absolute Gasteiger partial charge is 0.367 e. The molecular formula is C8H15BrO. The highest BCUT2D eigenvalue weighted by Crippen LogP contribution is 2.25. The summed E-state index contributed by atoms with van der Waals surface area (Å²) >= 11 is 3.28. The zero-order valence-corrected chi connectivity index (χ0v) is 8.06. The Morgan fingerprint density at radius 3 is 2.40 bits per heavy atom. The van der Waals surface area contributed by atoms with Crippen molar-refractivity contribution in [2.45, 2.75) is 38.7 Å². The van der Waals surface area contributed by atoms with Crippen molar-refractivity contribution in [2.24, 2.45) is 5.92 Å². The Bertz CT molecular complexity index is 87.3. The number of hydrogen-bond acceptors (Lipinski definition) is 1. The second-order valence-corrected chi connectivity index (χ2v) is 3.62. The van der Waals surface area contributed by atoms with E-state index in [4.69, 9.17) is 4.74 Å². The van der Waals surface area contributed by atoms with E-state index in [0.717, 1.165) is 5.92 Å². The predicted octanol–water partition coefficient (Wildman–Crippen LogP) is 2.93. The molecule has 0 saturated heterocycles. The van der Waals surface area contributed by atoms with Crippen molar-refractivity contribution in [3.63, 3.8) is 0 Å². The molecule has 60 valence electrons. The highest BCUT2D eigenvalue weighted by Gasteiger charge is 2.17. The maximum absolute atomic E-state index is 5.45. The van der Waals surface area contributed by atoms with Gasteiger partial charge in [-0.1, -0.05) is 22.9 Å². The standard InChI is InChI=1S/C8H15BrO/c1-7-2-4-8(5-3-7)10-6-9/h7-8H,2-6H2,1H3. The maximum atomic E-state index is 5.45. The molecule has 1 aliphatic rings. The van der Waals surface area contributed by atoms with Gasteiger partial charge in [0, 0.05) is 0 Å². The van der Waals surface area contributed by atoms with Crippen molar-refractivity contribution >= 4 is 15.9 Å². The van der Waals surface area contributed by atoms with Crippen LogP contribution in [0.5, 0.6) is 0 Å². The number of halogens is 1. The van der Waals surface area contributed by atoms with Gasteiger partial charge in [-0.25, -0.2) is 0 Å². The van der Waals surface area contributed by atoms with E-state index in [2.05, 4.69) is 22.9 Å². The fraction of sp³-hybridized carbons (Fsp3) is 1.00. The summed E-state index contributed by atoms with van der Waals surface area (Å²) in [6.07, 6.45) is 5.74. The third kappa shape index (κ3) is 2.59. The van der Waals surface area contributed by atoms with Gasteiger partial charge in [0.2, 0.25) is 0 Å². The van der Waals surface area contributed by atoms with Crippen LogP contribution >= 0.6 is 15.9 Å². The predicted molar refractivity (Wildman–Crippen MR) is 46.3 cm³/mol. The first kappa shape index (κ1) is 8.54. The lowest BCUT2D eigenvalue weighted by molar-refractivity contribution is 0.0515. The summed E-state index contributed by atoms with van der Waals surface area (Å²) in [4.78, 5) is 0. The topological polar surface area (TPSA) is 9.23 Å². The van der Waals surface area contributed by atoms with Gasteiger partial charge in [0.15, 0.2) is 0 Å². The Balaban J connectivity index is 2.13. The van der Waals surface area contributed by atoms with E-state index >= 15 is 0 Å². The average molecular weight is 207 g/mol. The summed E-state index contributed by atoms with van der Waals surface area (Å²) in [6.45, 7) is 2.32. The first-order valence-electron chi connectivity index (χ1n) is 4.00. The molecule has 0 N–H and O–H groups in total. The lowest BCUT2D eigenvalue weighted by Gasteiger charge is -2.25. The quantitative estimate of drug-likeness (QED) is 0.632. The van der Waals surface area contributed by atoms with Crippen molar-refractivity contribution < 1.29 is 4.74 Å². The van der Waals surface area contributed by atoms with Gasteiger partial charge in [-0.3, -0.25) is 0 Å². The Kier molecular flexibility index (Phi) is 3.71. The summed E-state index contributed by atoms with van der Waals surface area (Å²) < 4.78 is 5.45. The van der Waals surface area contributed by atoms with E-state index in [1.807, 2.05) is 0 Å². The molecule has 0 heterocycles. The van der Waals surface area contributed by atoms with Crippen molar-refractivity contribution in [2.75, 3.05) is 5.52 Å². The SMILES string of the molecule is CC1CCC(OCBr)CC1. The van der Waals surface area contributed by atoms with Crippen molar-refractivity contribution in [1.82, 2.24) is 0 Å². The number of alkyl halides is 1. The van der Waals surface area contributed by atoms with Gasteiger partial charge in [0.1, 0.15) is 5.52 Å². The molecule has 0 aromatic rings. The fourth-order valence-corrected chi connectivity index (χ4v) is 1.86. The van der Waals surface area contributed by atoms with Crippen LogP contribution < -0.4 is 0 Å². The van der Waals surface area contributed by atoms with Gasteiger partial charge in [-0.15, -0.1) is 0 Å². The Morgan fingerprint density at radius 2 is 1.90 bits per heavy atom. The summed E-state index contributed by atoms with van der Waals surface area (Å²) in [6, 6.07) is 0.